The molecule has 1 aromatic carbocycles. The highest BCUT2D eigenvalue weighted by Gasteiger charge is 2.46. The van der Waals surface area contributed by atoms with Gasteiger partial charge in [-0.05, 0) is 25.1 Å². The molecule has 82 valence electrons. The van der Waals surface area contributed by atoms with E-state index in [1.165, 1.54) is 0 Å². The van der Waals surface area contributed by atoms with E-state index in [0.717, 1.165) is 11.1 Å². The molecular weight excluding hydrogens is 210 g/mol. The minimum absolute atomic E-state index is 0.0658. The summed E-state index contributed by atoms with van der Waals surface area (Å²) in [6.45, 7) is 1.95. The van der Waals surface area contributed by atoms with Crippen LogP contribution >= 0.6 is 0 Å². The van der Waals surface area contributed by atoms with Crippen LogP contribution in [0, 0.1) is 6.92 Å². The highest BCUT2D eigenvalue weighted by Crippen LogP contribution is 2.37. The summed E-state index contributed by atoms with van der Waals surface area (Å²) in [5.74, 6) is 0.252. The second-order valence-electron chi connectivity index (χ2n) is 4.00. The minimum Gasteiger partial charge on any atom is -0.314 e. The normalized spacial score (nSPS) is 28.4. The standard InChI is InChI=1S/C11H15NO2S/c1-8-5-3-4-6-9(8)11-10(12-2)7-15(11,13)14/h3-6,10-12H,7H2,1-2H3. The van der Waals surface area contributed by atoms with Crippen LogP contribution in [0.2, 0.25) is 0 Å². The Morgan fingerprint density at radius 3 is 2.53 bits per heavy atom. The molecule has 0 aromatic heterocycles. The van der Waals surface area contributed by atoms with E-state index in [4.69, 9.17) is 0 Å². The molecule has 0 aliphatic carbocycles. The molecule has 1 fully saturated rings. The molecule has 1 saturated heterocycles. The van der Waals surface area contributed by atoms with Crippen molar-refractivity contribution in [3.05, 3.63) is 35.4 Å². The van der Waals surface area contributed by atoms with Crippen molar-refractivity contribution < 1.29 is 8.42 Å². The van der Waals surface area contributed by atoms with Gasteiger partial charge in [-0.1, -0.05) is 24.3 Å². The van der Waals surface area contributed by atoms with Crippen molar-refractivity contribution in [3.63, 3.8) is 0 Å². The molecule has 1 aromatic rings. The van der Waals surface area contributed by atoms with Gasteiger partial charge in [-0.2, -0.15) is 0 Å². The van der Waals surface area contributed by atoms with Crippen LogP contribution in [0.4, 0.5) is 0 Å². The fourth-order valence-corrected chi connectivity index (χ4v) is 4.21. The first-order chi connectivity index (χ1) is 7.06. The second-order valence-corrected chi connectivity index (χ2v) is 6.17. The van der Waals surface area contributed by atoms with Gasteiger partial charge in [-0.15, -0.1) is 0 Å². The van der Waals surface area contributed by atoms with Crippen LogP contribution in [0.3, 0.4) is 0 Å². The summed E-state index contributed by atoms with van der Waals surface area (Å²) in [6.07, 6.45) is 0. The molecule has 1 N–H and O–H groups in total. The van der Waals surface area contributed by atoms with E-state index in [1.807, 2.05) is 38.2 Å². The Labute approximate surface area is 90.4 Å². The largest absolute Gasteiger partial charge is 0.314 e. The quantitative estimate of drug-likeness (QED) is 0.818. The van der Waals surface area contributed by atoms with Crippen LogP contribution in [0.1, 0.15) is 16.4 Å². The van der Waals surface area contributed by atoms with Crippen LogP contribution in [-0.2, 0) is 9.84 Å². The lowest BCUT2D eigenvalue weighted by molar-refractivity contribution is 0.482. The average molecular weight is 225 g/mol. The van der Waals surface area contributed by atoms with E-state index < -0.39 is 9.84 Å². The van der Waals surface area contributed by atoms with Gasteiger partial charge >= 0.3 is 0 Å². The highest BCUT2D eigenvalue weighted by atomic mass is 32.2. The molecule has 1 aliphatic rings. The van der Waals surface area contributed by atoms with E-state index in [9.17, 15) is 8.42 Å². The van der Waals surface area contributed by atoms with E-state index >= 15 is 0 Å². The monoisotopic (exact) mass is 225 g/mol. The zero-order valence-corrected chi connectivity index (χ0v) is 9.71. The van der Waals surface area contributed by atoms with Crippen molar-refractivity contribution in [1.82, 2.24) is 5.32 Å². The summed E-state index contributed by atoms with van der Waals surface area (Å²) < 4.78 is 23.4. The molecule has 1 aliphatic heterocycles. The van der Waals surface area contributed by atoms with E-state index in [2.05, 4.69) is 5.32 Å². The molecule has 2 rings (SSSR count). The number of hydrogen-bond acceptors (Lipinski definition) is 3. The van der Waals surface area contributed by atoms with Crippen LogP contribution < -0.4 is 5.32 Å². The third-order valence-electron chi connectivity index (χ3n) is 3.03. The summed E-state index contributed by atoms with van der Waals surface area (Å²) in [5, 5.41) is 2.70. The van der Waals surface area contributed by atoms with Crippen LogP contribution in [-0.4, -0.2) is 27.3 Å². The lowest BCUT2D eigenvalue weighted by Crippen LogP contribution is -2.52. The van der Waals surface area contributed by atoms with Crippen LogP contribution in [0.5, 0.6) is 0 Å². The lowest BCUT2D eigenvalue weighted by Gasteiger charge is -2.37. The maximum absolute atomic E-state index is 11.7. The maximum atomic E-state index is 11.7. The maximum Gasteiger partial charge on any atom is 0.160 e. The van der Waals surface area contributed by atoms with Crippen LogP contribution in [0.15, 0.2) is 24.3 Å². The molecule has 1 heterocycles. The Balaban J connectivity index is 2.42. The van der Waals surface area contributed by atoms with Crippen molar-refractivity contribution in [3.8, 4) is 0 Å². The predicted octanol–water partition coefficient (Wildman–Crippen LogP) is 1.05. The van der Waals surface area contributed by atoms with Gasteiger partial charge < -0.3 is 5.32 Å². The number of nitrogens with one attached hydrogen (secondary N) is 1. The van der Waals surface area contributed by atoms with Gasteiger partial charge in [0.15, 0.2) is 9.84 Å². The predicted molar refractivity (Wildman–Crippen MR) is 60.6 cm³/mol. The van der Waals surface area contributed by atoms with Crippen molar-refractivity contribution in [1.29, 1.82) is 0 Å². The van der Waals surface area contributed by atoms with E-state index in [0.29, 0.717) is 0 Å². The molecular formula is C11H15NO2S. The van der Waals surface area contributed by atoms with Gasteiger partial charge in [-0.25, -0.2) is 8.42 Å². The Morgan fingerprint density at radius 2 is 2.00 bits per heavy atom. The number of likely N-dealkylation sites (N-methyl/N-ethyl adjacent to an activating group) is 1. The molecule has 0 amide bonds. The van der Waals surface area contributed by atoms with E-state index in [1.54, 1.807) is 0 Å². The summed E-state index contributed by atoms with van der Waals surface area (Å²) in [6, 6.07) is 7.74. The number of aryl methyl sites for hydroxylation is 1. The van der Waals surface area contributed by atoms with Crippen molar-refractivity contribution in [2.45, 2.75) is 18.2 Å². The average Bonchev–Trinajstić information content (AvgIpc) is 2.18. The molecule has 3 nitrogen and oxygen atoms in total. The van der Waals surface area contributed by atoms with Gasteiger partial charge in [0.2, 0.25) is 0 Å². The zero-order valence-electron chi connectivity index (χ0n) is 8.90. The molecule has 2 unspecified atom stereocenters. The molecule has 0 radical (unpaired) electrons. The minimum atomic E-state index is -2.92. The Hall–Kier alpha value is -0.870. The Morgan fingerprint density at radius 1 is 1.33 bits per heavy atom. The van der Waals surface area contributed by atoms with Gasteiger partial charge in [0.05, 0.1) is 5.75 Å². The molecule has 4 heteroatoms. The van der Waals surface area contributed by atoms with E-state index in [-0.39, 0.29) is 17.0 Å². The summed E-state index contributed by atoms with van der Waals surface area (Å²) in [5.41, 5.74) is 1.98. The smallest absolute Gasteiger partial charge is 0.160 e. The van der Waals surface area contributed by atoms with Gasteiger partial charge in [0.25, 0.3) is 0 Å². The summed E-state index contributed by atoms with van der Waals surface area (Å²) >= 11 is 0. The number of rotatable bonds is 2. The van der Waals surface area contributed by atoms with Crippen LogP contribution in [0.25, 0.3) is 0 Å². The van der Waals surface area contributed by atoms with Gasteiger partial charge in [0, 0.05) is 6.04 Å². The fraction of sp³-hybridized carbons (Fsp3) is 0.455. The fourth-order valence-electron chi connectivity index (χ4n) is 2.12. The SMILES string of the molecule is CNC1CS(=O)(=O)C1c1ccccc1C. The van der Waals surface area contributed by atoms with Crippen molar-refractivity contribution in [2.75, 3.05) is 12.8 Å². The van der Waals surface area contributed by atoms with Crippen molar-refractivity contribution >= 4 is 9.84 Å². The first-order valence-electron chi connectivity index (χ1n) is 5.00. The molecule has 0 spiro atoms. The molecule has 0 bridgehead atoms. The van der Waals surface area contributed by atoms with Crippen molar-refractivity contribution in [2.24, 2.45) is 0 Å². The lowest BCUT2D eigenvalue weighted by atomic mass is 10.0. The van der Waals surface area contributed by atoms with Gasteiger partial charge in [-0.3, -0.25) is 0 Å². The first-order valence-corrected chi connectivity index (χ1v) is 6.72. The first kappa shape index (κ1) is 10.6. The molecule has 2 atom stereocenters. The molecule has 0 saturated carbocycles. The summed E-state index contributed by atoms with van der Waals surface area (Å²) in [4.78, 5) is 0. The topological polar surface area (TPSA) is 46.2 Å². The third-order valence-corrected chi connectivity index (χ3v) is 5.21. The Bertz CT molecular complexity index is 467. The second kappa shape index (κ2) is 3.61. The number of sulfone groups is 1. The zero-order chi connectivity index (χ0) is 11.1. The summed E-state index contributed by atoms with van der Waals surface area (Å²) in [7, 11) is -1.11. The number of hydrogen-bond donors (Lipinski definition) is 1. The van der Waals surface area contributed by atoms with Gasteiger partial charge in [0.1, 0.15) is 5.25 Å². The Kier molecular flexibility index (Phi) is 2.56. The number of benzene rings is 1. The molecule has 15 heavy (non-hydrogen) atoms. The highest BCUT2D eigenvalue weighted by molar-refractivity contribution is 7.93. The third kappa shape index (κ3) is 1.68.